The molecular weight excluding hydrogens is 327 g/mol. The molecule has 0 aliphatic carbocycles. The van der Waals surface area contributed by atoms with Gasteiger partial charge in [0.15, 0.2) is 0 Å². The first-order valence-electron chi connectivity index (χ1n) is 5.92. The highest BCUT2D eigenvalue weighted by molar-refractivity contribution is 14.1. The van der Waals surface area contributed by atoms with E-state index in [4.69, 9.17) is 0 Å². The molecule has 0 unspecified atom stereocenters. The normalized spacial score (nSPS) is 20.0. The van der Waals surface area contributed by atoms with Crippen LogP contribution in [0.5, 0.6) is 0 Å². The van der Waals surface area contributed by atoms with Gasteiger partial charge >= 0.3 is 0 Å². The van der Waals surface area contributed by atoms with Gasteiger partial charge in [0.1, 0.15) is 0 Å². The molecule has 1 aromatic carbocycles. The molecule has 1 aliphatic rings. The molecule has 92 valence electrons. The van der Waals surface area contributed by atoms with Crippen molar-refractivity contribution in [2.75, 3.05) is 20.1 Å². The van der Waals surface area contributed by atoms with E-state index in [1.165, 1.54) is 0 Å². The number of nitrogens with one attached hydrogen (secondary N) is 1. The predicted octanol–water partition coefficient (Wildman–Crippen LogP) is 2.12. The van der Waals surface area contributed by atoms with Crippen molar-refractivity contribution in [2.24, 2.45) is 0 Å². The van der Waals surface area contributed by atoms with Crippen LogP contribution in [0.2, 0.25) is 0 Å². The Bertz CT molecular complexity index is 402. The molecule has 1 aliphatic heterocycles. The van der Waals surface area contributed by atoms with Crippen LogP contribution >= 0.6 is 22.6 Å². The lowest BCUT2D eigenvalue weighted by atomic mass is 10.1. The van der Waals surface area contributed by atoms with E-state index in [0.717, 1.165) is 35.1 Å². The number of benzene rings is 1. The molecule has 1 heterocycles. The van der Waals surface area contributed by atoms with Gasteiger partial charge in [-0.05, 0) is 60.2 Å². The van der Waals surface area contributed by atoms with Gasteiger partial charge in [0, 0.05) is 28.8 Å². The molecule has 1 saturated heterocycles. The number of piperidine rings is 1. The standard InChI is InChI=1S/C13H17IN2O/c1-16(12-6-3-7-15-9-12)13(17)10-4-2-5-11(14)8-10/h2,4-5,8,12,15H,3,6-7,9H2,1H3/t12-/m1/s1. The summed E-state index contributed by atoms with van der Waals surface area (Å²) in [4.78, 5) is 14.2. The quantitative estimate of drug-likeness (QED) is 0.834. The zero-order valence-corrected chi connectivity index (χ0v) is 12.1. The number of hydrogen-bond acceptors (Lipinski definition) is 2. The fourth-order valence-electron chi connectivity index (χ4n) is 2.15. The van der Waals surface area contributed by atoms with Crippen LogP contribution in [0.3, 0.4) is 0 Å². The molecule has 1 fully saturated rings. The van der Waals surface area contributed by atoms with Crippen molar-refractivity contribution in [1.82, 2.24) is 10.2 Å². The second kappa shape index (κ2) is 5.82. The van der Waals surface area contributed by atoms with E-state index in [1.54, 1.807) is 0 Å². The molecule has 4 heteroatoms. The fraction of sp³-hybridized carbons (Fsp3) is 0.462. The zero-order valence-electron chi connectivity index (χ0n) is 9.95. The Hall–Kier alpha value is -0.620. The summed E-state index contributed by atoms with van der Waals surface area (Å²) in [5, 5.41) is 3.34. The second-order valence-corrected chi connectivity index (χ2v) is 5.67. The highest BCUT2D eigenvalue weighted by Gasteiger charge is 2.22. The molecule has 1 amide bonds. The summed E-state index contributed by atoms with van der Waals surface area (Å²) < 4.78 is 1.10. The van der Waals surface area contributed by atoms with E-state index in [2.05, 4.69) is 27.9 Å². The number of rotatable bonds is 2. The van der Waals surface area contributed by atoms with Crippen LogP contribution in [0.15, 0.2) is 24.3 Å². The third kappa shape index (κ3) is 3.19. The molecule has 17 heavy (non-hydrogen) atoms. The van der Waals surface area contributed by atoms with E-state index < -0.39 is 0 Å². The van der Waals surface area contributed by atoms with Crippen molar-refractivity contribution in [3.05, 3.63) is 33.4 Å². The maximum absolute atomic E-state index is 12.3. The molecule has 0 bridgehead atoms. The highest BCUT2D eigenvalue weighted by atomic mass is 127. The minimum absolute atomic E-state index is 0.122. The number of carbonyl (C=O) groups is 1. The van der Waals surface area contributed by atoms with Crippen molar-refractivity contribution < 1.29 is 4.79 Å². The number of nitrogens with zero attached hydrogens (tertiary/aromatic N) is 1. The first-order valence-corrected chi connectivity index (χ1v) is 7.00. The number of carbonyl (C=O) groups excluding carboxylic acids is 1. The lowest BCUT2D eigenvalue weighted by molar-refractivity contribution is 0.0708. The molecule has 1 N–H and O–H groups in total. The van der Waals surface area contributed by atoms with Crippen LogP contribution < -0.4 is 5.32 Å². The summed E-state index contributed by atoms with van der Waals surface area (Å²) in [6, 6.07) is 8.09. The number of hydrogen-bond donors (Lipinski definition) is 1. The maximum Gasteiger partial charge on any atom is 0.253 e. The minimum atomic E-state index is 0.122. The van der Waals surface area contributed by atoms with Crippen molar-refractivity contribution in [3.8, 4) is 0 Å². The molecule has 0 saturated carbocycles. The van der Waals surface area contributed by atoms with Crippen molar-refractivity contribution in [1.29, 1.82) is 0 Å². The van der Waals surface area contributed by atoms with Gasteiger partial charge in [0.25, 0.3) is 5.91 Å². The molecule has 0 radical (unpaired) electrons. The third-order valence-corrected chi connectivity index (χ3v) is 3.88. The molecule has 2 rings (SSSR count). The highest BCUT2D eigenvalue weighted by Crippen LogP contribution is 2.14. The first kappa shape index (κ1) is 12.8. The minimum Gasteiger partial charge on any atom is -0.337 e. The van der Waals surface area contributed by atoms with Crippen LogP contribution in [0.4, 0.5) is 0 Å². The average molecular weight is 344 g/mol. The molecule has 0 spiro atoms. The van der Waals surface area contributed by atoms with E-state index in [1.807, 2.05) is 36.2 Å². The van der Waals surface area contributed by atoms with E-state index in [9.17, 15) is 4.79 Å². The summed E-state index contributed by atoms with van der Waals surface area (Å²) >= 11 is 2.23. The summed E-state index contributed by atoms with van der Waals surface area (Å²) in [7, 11) is 1.90. The topological polar surface area (TPSA) is 32.3 Å². The van der Waals surface area contributed by atoms with Crippen LogP contribution in [0.1, 0.15) is 23.2 Å². The van der Waals surface area contributed by atoms with Gasteiger partial charge in [-0.2, -0.15) is 0 Å². The van der Waals surface area contributed by atoms with Crippen LogP contribution in [-0.2, 0) is 0 Å². The Balaban J connectivity index is 2.08. The first-order chi connectivity index (χ1) is 8.18. The fourth-order valence-corrected chi connectivity index (χ4v) is 2.70. The molecule has 3 nitrogen and oxygen atoms in total. The zero-order chi connectivity index (χ0) is 12.3. The monoisotopic (exact) mass is 344 g/mol. The van der Waals surface area contributed by atoms with Gasteiger partial charge in [0.2, 0.25) is 0 Å². The summed E-state index contributed by atoms with van der Waals surface area (Å²) in [6.45, 7) is 1.98. The average Bonchev–Trinajstić information content (AvgIpc) is 2.38. The molecule has 1 aromatic rings. The number of likely N-dealkylation sites (N-methyl/N-ethyl adjacent to an activating group) is 1. The van der Waals surface area contributed by atoms with Crippen molar-refractivity contribution >= 4 is 28.5 Å². The Morgan fingerprint density at radius 2 is 2.35 bits per heavy atom. The van der Waals surface area contributed by atoms with E-state index in [-0.39, 0.29) is 5.91 Å². The SMILES string of the molecule is CN(C(=O)c1cccc(I)c1)[C@@H]1CCCNC1. The van der Waals surface area contributed by atoms with Crippen molar-refractivity contribution in [3.63, 3.8) is 0 Å². The number of halogens is 1. The molecule has 1 atom stereocenters. The van der Waals surface area contributed by atoms with Gasteiger partial charge in [0.05, 0.1) is 0 Å². The van der Waals surface area contributed by atoms with Crippen molar-refractivity contribution in [2.45, 2.75) is 18.9 Å². The van der Waals surface area contributed by atoms with Crippen LogP contribution in [-0.4, -0.2) is 37.0 Å². The summed E-state index contributed by atoms with van der Waals surface area (Å²) in [6.07, 6.45) is 2.24. The lowest BCUT2D eigenvalue weighted by Gasteiger charge is -2.31. The van der Waals surface area contributed by atoms with Crippen LogP contribution in [0, 0.1) is 3.57 Å². The Labute approximate surface area is 116 Å². The van der Waals surface area contributed by atoms with E-state index >= 15 is 0 Å². The van der Waals surface area contributed by atoms with Gasteiger partial charge in [-0.1, -0.05) is 6.07 Å². The smallest absolute Gasteiger partial charge is 0.253 e. The largest absolute Gasteiger partial charge is 0.337 e. The maximum atomic E-state index is 12.3. The van der Waals surface area contributed by atoms with Gasteiger partial charge in [-0.3, -0.25) is 4.79 Å². The lowest BCUT2D eigenvalue weighted by Crippen LogP contribution is -2.46. The van der Waals surface area contributed by atoms with Gasteiger partial charge < -0.3 is 10.2 Å². The molecule has 0 aromatic heterocycles. The Kier molecular flexibility index (Phi) is 4.39. The van der Waals surface area contributed by atoms with Gasteiger partial charge in [-0.25, -0.2) is 0 Å². The predicted molar refractivity (Wildman–Crippen MR) is 77.1 cm³/mol. The Morgan fingerprint density at radius 1 is 1.53 bits per heavy atom. The van der Waals surface area contributed by atoms with Gasteiger partial charge in [-0.15, -0.1) is 0 Å². The second-order valence-electron chi connectivity index (χ2n) is 4.43. The third-order valence-electron chi connectivity index (χ3n) is 3.21. The molecular formula is C13H17IN2O. The summed E-state index contributed by atoms with van der Waals surface area (Å²) in [5.41, 5.74) is 0.782. The van der Waals surface area contributed by atoms with Crippen LogP contribution in [0.25, 0.3) is 0 Å². The summed E-state index contributed by atoms with van der Waals surface area (Å²) in [5.74, 6) is 0.122. The Morgan fingerprint density at radius 3 is 3.00 bits per heavy atom. The van der Waals surface area contributed by atoms with E-state index in [0.29, 0.717) is 6.04 Å². The number of amides is 1.